The van der Waals surface area contributed by atoms with Crippen molar-refractivity contribution in [3.8, 4) is 11.8 Å². The zero-order valence-corrected chi connectivity index (χ0v) is 13.5. The molecular formula is C20H17F2NO2. The molecule has 0 radical (unpaired) electrons. The van der Waals surface area contributed by atoms with Crippen LogP contribution in [0.3, 0.4) is 0 Å². The van der Waals surface area contributed by atoms with Crippen molar-refractivity contribution in [2.75, 3.05) is 19.8 Å². The first kappa shape index (κ1) is 17.1. The summed E-state index contributed by atoms with van der Waals surface area (Å²) in [5, 5.41) is 2.89. The van der Waals surface area contributed by atoms with E-state index in [2.05, 4.69) is 17.2 Å². The van der Waals surface area contributed by atoms with Crippen LogP contribution in [-0.2, 0) is 4.74 Å². The lowest BCUT2D eigenvalue weighted by atomic mass is 10.1. The van der Waals surface area contributed by atoms with Crippen LogP contribution in [-0.4, -0.2) is 25.7 Å². The molecule has 0 saturated carbocycles. The summed E-state index contributed by atoms with van der Waals surface area (Å²) < 4.78 is 31.7. The maximum Gasteiger partial charge on any atom is 0.251 e. The number of hydrogen-bond donors (Lipinski definition) is 1. The summed E-state index contributed by atoms with van der Waals surface area (Å²) in [6.45, 7) is 2.04. The number of rotatable bonds is 3. The first-order chi connectivity index (χ1) is 12.1. The minimum atomic E-state index is -0.695. The Hall–Kier alpha value is -2.71. The summed E-state index contributed by atoms with van der Waals surface area (Å²) in [5.74, 6) is 4.37. The number of halogens is 2. The van der Waals surface area contributed by atoms with Gasteiger partial charge in [-0.2, -0.15) is 0 Å². The monoisotopic (exact) mass is 341 g/mol. The summed E-state index contributed by atoms with van der Waals surface area (Å²) in [4.78, 5) is 12.1. The van der Waals surface area contributed by atoms with Crippen molar-refractivity contribution in [2.24, 2.45) is 5.92 Å². The van der Waals surface area contributed by atoms with Crippen molar-refractivity contribution < 1.29 is 18.3 Å². The second kappa shape index (κ2) is 7.91. The molecule has 128 valence electrons. The molecule has 1 saturated heterocycles. The van der Waals surface area contributed by atoms with Crippen LogP contribution in [0.25, 0.3) is 0 Å². The van der Waals surface area contributed by atoms with E-state index in [-0.39, 0.29) is 11.5 Å². The molecule has 5 heteroatoms. The van der Waals surface area contributed by atoms with Crippen molar-refractivity contribution in [3.05, 3.63) is 70.8 Å². The zero-order chi connectivity index (χ0) is 17.6. The van der Waals surface area contributed by atoms with Crippen molar-refractivity contribution in [1.29, 1.82) is 0 Å². The summed E-state index contributed by atoms with van der Waals surface area (Å²) in [7, 11) is 0. The molecule has 2 aromatic carbocycles. The highest BCUT2D eigenvalue weighted by molar-refractivity contribution is 5.94. The third kappa shape index (κ3) is 4.65. The standard InChI is InChI=1S/C20H17F2NO2/c21-18-8-7-16(19(22)11-18)4-1-14-2-5-17(6-3-14)20(24)23-12-15-9-10-25-13-15/h2-3,5-8,11,15H,9-10,12-13H2,(H,23,24). The molecule has 3 rings (SSSR count). The van der Waals surface area contributed by atoms with E-state index in [1.165, 1.54) is 6.07 Å². The van der Waals surface area contributed by atoms with Gasteiger partial charge >= 0.3 is 0 Å². The lowest BCUT2D eigenvalue weighted by Gasteiger charge is -2.09. The lowest BCUT2D eigenvalue weighted by Crippen LogP contribution is -2.29. The molecule has 1 aliphatic heterocycles. The molecule has 1 unspecified atom stereocenters. The molecule has 1 aliphatic rings. The van der Waals surface area contributed by atoms with E-state index >= 15 is 0 Å². The Balaban J connectivity index is 1.62. The number of nitrogens with one attached hydrogen (secondary N) is 1. The first-order valence-electron chi connectivity index (χ1n) is 8.05. The largest absolute Gasteiger partial charge is 0.381 e. The average molecular weight is 341 g/mol. The highest BCUT2D eigenvalue weighted by Gasteiger charge is 2.16. The van der Waals surface area contributed by atoms with Gasteiger partial charge in [-0.1, -0.05) is 11.8 Å². The van der Waals surface area contributed by atoms with Gasteiger partial charge in [-0.05, 0) is 42.8 Å². The summed E-state index contributed by atoms with van der Waals surface area (Å²) in [6, 6.07) is 10.00. The molecule has 2 aromatic rings. The maximum atomic E-state index is 13.5. The van der Waals surface area contributed by atoms with Crippen LogP contribution in [0.15, 0.2) is 42.5 Å². The molecule has 1 amide bonds. The van der Waals surface area contributed by atoms with Gasteiger partial charge in [0.2, 0.25) is 0 Å². The minimum Gasteiger partial charge on any atom is -0.381 e. The molecule has 0 bridgehead atoms. The van der Waals surface area contributed by atoms with Crippen molar-refractivity contribution >= 4 is 5.91 Å². The van der Waals surface area contributed by atoms with Gasteiger partial charge in [0.15, 0.2) is 0 Å². The van der Waals surface area contributed by atoms with Gasteiger partial charge in [-0.25, -0.2) is 8.78 Å². The first-order valence-corrected chi connectivity index (χ1v) is 8.05. The van der Waals surface area contributed by atoms with E-state index in [1.54, 1.807) is 24.3 Å². The van der Waals surface area contributed by atoms with Crippen LogP contribution in [0.4, 0.5) is 8.78 Å². The summed E-state index contributed by atoms with van der Waals surface area (Å²) >= 11 is 0. The highest BCUT2D eigenvalue weighted by atomic mass is 19.1. The molecule has 0 aromatic heterocycles. The topological polar surface area (TPSA) is 38.3 Å². The number of carbonyl (C=O) groups is 1. The molecule has 0 spiro atoms. The highest BCUT2D eigenvalue weighted by Crippen LogP contribution is 2.12. The Morgan fingerprint density at radius 1 is 1.16 bits per heavy atom. The van der Waals surface area contributed by atoms with E-state index in [1.807, 2.05) is 0 Å². The van der Waals surface area contributed by atoms with Crippen LogP contribution in [0.1, 0.15) is 27.9 Å². The third-order valence-electron chi connectivity index (χ3n) is 4.00. The zero-order valence-electron chi connectivity index (χ0n) is 13.5. The Labute approximate surface area is 145 Å². The average Bonchev–Trinajstić information content (AvgIpc) is 3.13. The van der Waals surface area contributed by atoms with Crippen LogP contribution in [0.5, 0.6) is 0 Å². The molecule has 25 heavy (non-hydrogen) atoms. The lowest BCUT2D eigenvalue weighted by molar-refractivity contribution is 0.0945. The van der Waals surface area contributed by atoms with E-state index in [0.717, 1.165) is 25.2 Å². The Morgan fingerprint density at radius 3 is 2.64 bits per heavy atom. The SMILES string of the molecule is O=C(NCC1CCOC1)c1ccc(C#Cc2ccc(F)cc2F)cc1. The molecular weight excluding hydrogens is 324 g/mol. The van der Waals surface area contributed by atoms with Crippen molar-refractivity contribution in [1.82, 2.24) is 5.32 Å². The number of ether oxygens (including phenoxy) is 1. The Kier molecular flexibility index (Phi) is 5.42. The molecule has 1 heterocycles. The van der Waals surface area contributed by atoms with E-state index in [9.17, 15) is 13.6 Å². The van der Waals surface area contributed by atoms with Gasteiger partial charge in [0.25, 0.3) is 5.91 Å². The van der Waals surface area contributed by atoms with Crippen LogP contribution in [0.2, 0.25) is 0 Å². The van der Waals surface area contributed by atoms with E-state index < -0.39 is 11.6 Å². The van der Waals surface area contributed by atoms with Crippen LogP contribution in [0, 0.1) is 29.4 Å². The van der Waals surface area contributed by atoms with Gasteiger partial charge in [-0.15, -0.1) is 0 Å². The maximum absolute atomic E-state index is 13.5. The molecule has 0 aliphatic carbocycles. The van der Waals surface area contributed by atoms with Crippen molar-refractivity contribution in [3.63, 3.8) is 0 Å². The smallest absolute Gasteiger partial charge is 0.251 e. The molecule has 1 fully saturated rings. The van der Waals surface area contributed by atoms with Gasteiger partial charge in [-0.3, -0.25) is 4.79 Å². The second-order valence-corrected chi connectivity index (χ2v) is 5.89. The number of hydrogen-bond acceptors (Lipinski definition) is 2. The van der Waals surface area contributed by atoms with Crippen LogP contribution < -0.4 is 5.32 Å². The Morgan fingerprint density at radius 2 is 1.96 bits per heavy atom. The van der Waals surface area contributed by atoms with E-state index in [0.29, 0.717) is 30.2 Å². The summed E-state index contributed by atoms with van der Waals surface area (Å²) in [5.41, 5.74) is 1.31. The normalized spacial score (nSPS) is 16.2. The fourth-order valence-corrected chi connectivity index (χ4v) is 2.52. The van der Waals surface area contributed by atoms with E-state index in [4.69, 9.17) is 4.74 Å². The Bertz CT molecular complexity index is 816. The predicted molar refractivity (Wildman–Crippen MR) is 90.0 cm³/mol. The third-order valence-corrected chi connectivity index (χ3v) is 4.00. The number of benzene rings is 2. The molecule has 1 N–H and O–H groups in total. The molecule has 3 nitrogen and oxygen atoms in total. The summed E-state index contributed by atoms with van der Waals surface area (Å²) in [6.07, 6.45) is 0.967. The fourth-order valence-electron chi connectivity index (χ4n) is 2.52. The van der Waals surface area contributed by atoms with Gasteiger partial charge in [0, 0.05) is 36.3 Å². The van der Waals surface area contributed by atoms with Crippen molar-refractivity contribution in [2.45, 2.75) is 6.42 Å². The predicted octanol–water partition coefficient (Wildman–Crippen LogP) is 3.13. The fraction of sp³-hybridized carbons (Fsp3) is 0.250. The quantitative estimate of drug-likeness (QED) is 0.871. The van der Waals surface area contributed by atoms with Gasteiger partial charge in [0.1, 0.15) is 11.6 Å². The van der Waals surface area contributed by atoms with Gasteiger partial charge in [0.05, 0.1) is 12.2 Å². The van der Waals surface area contributed by atoms with Gasteiger partial charge < -0.3 is 10.1 Å². The molecule has 1 atom stereocenters. The number of carbonyl (C=O) groups excluding carboxylic acids is 1. The minimum absolute atomic E-state index is 0.127. The van der Waals surface area contributed by atoms with Crippen LogP contribution >= 0.6 is 0 Å². The number of amides is 1. The second-order valence-electron chi connectivity index (χ2n) is 5.89.